The quantitative estimate of drug-likeness (QED) is 0.260. The predicted molar refractivity (Wildman–Crippen MR) is 114 cm³/mol. The Bertz CT molecular complexity index is 659. The van der Waals surface area contributed by atoms with Crippen LogP contribution in [-0.4, -0.2) is 41.1 Å². The van der Waals surface area contributed by atoms with Crippen LogP contribution in [0, 0.1) is 6.92 Å². The molecule has 8 heteroatoms. The molecule has 0 unspecified atom stereocenters. The maximum Gasteiger partial charge on any atom is 0.226 e. The van der Waals surface area contributed by atoms with Crippen molar-refractivity contribution in [2.45, 2.75) is 33.2 Å². The second kappa shape index (κ2) is 11.5. The van der Waals surface area contributed by atoms with Gasteiger partial charge in [0.25, 0.3) is 0 Å². The summed E-state index contributed by atoms with van der Waals surface area (Å²) in [6, 6.07) is 8.34. The molecular weight excluding hydrogens is 497 g/mol. The lowest BCUT2D eigenvalue weighted by molar-refractivity contribution is 0.372. The number of nitrogens with zero attached hydrogens (tertiary/aromatic N) is 4. The Kier molecular flexibility index (Phi) is 10.0. The molecule has 0 saturated carbocycles. The summed E-state index contributed by atoms with van der Waals surface area (Å²) in [7, 11) is 2.05. The van der Waals surface area contributed by atoms with Crippen LogP contribution in [-0.2, 0) is 13.0 Å². The number of aromatic nitrogens is 2. The topological polar surface area (TPSA) is 66.5 Å². The second-order valence-corrected chi connectivity index (χ2v) is 6.47. The summed E-state index contributed by atoms with van der Waals surface area (Å²) in [5.74, 6) is 2.26. The predicted octanol–water partition coefficient (Wildman–Crippen LogP) is 3.79. The average molecular weight is 522 g/mol. The van der Waals surface area contributed by atoms with Gasteiger partial charge < -0.3 is 14.7 Å². The first-order chi connectivity index (χ1) is 11.6. The summed E-state index contributed by atoms with van der Waals surface area (Å²) in [5.41, 5.74) is 1.24. The Morgan fingerprint density at radius 1 is 1.32 bits per heavy atom. The van der Waals surface area contributed by atoms with Gasteiger partial charge in [0.1, 0.15) is 0 Å². The smallest absolute Gasteiger partial charge is 0.226 e. The molecule has 0 spiro atoms. The molecule has 0 atom stereocenters. The summed E-state index contributed by atoms with van der Waals surface area (Å²) in [6.07, 6.45) is 1.63. The lowest BCUT2D eigenvalue weighted by atomic mass is 10.2. The zero-order valence-electron chi connectivity index (χ0n) is 14.8. The van der Waals surface area contributed by atoms with Crippen LogP contribution in [0.2, 0.25) is 0 Å². The third-order valence-corrected chi connectivity index (χ3v) is 3.94. The van der Waals surface area contributed by atoms with Crippen molar-refractivity contribution < 1.29 is 4.52 Å². The Labute approximate surface area is 174 Å². The number of hydrogen-bond donors (Lipinski definition) is 1. The number of nitrogens with one attached hydrogen (secondary N) is 1. The molecule has 0 bridgehead atoms. The third kappa shape index (κ3) is 7.72. The highest BCUT2D eigenvalue weighted by atomic mass is 127. The first-order valence-electron chi connectivity index (χ1n) is 8.11. The lowest BCUT2D eigenvalue weighted by Crippen LogP contribution is -2.38. The van der Waals surface area contributed by atoms with Gasteiger partial charge >= 0.3 is 0 Å². The molecule has 138 valence electrons. The maximum atomic E-state index is 5.12. The van der Waals surface area contributed by atoms with Gasteiger partial charge in [0.05, 0.1) is 0 Å². The summed E-state index contributed by atoms with van der Waals surface area (Å²) < 4.78 is 6.20. The van der Waals surface area contributed by atoms with Gasteiger partial charge in [0, 0.05) is 37.6 Å². The molecule has 0 radical (unpaired) electrons. The summed E-state index contributed by atoms with van der Waals surface area (Å²) >= 11 is 3.46. The van der Waals surface area contributed by atoms with E-state index in [4.69, 9.17) is 4.52 Å². The van der Waals surface area contributed by atoms with Crippen LogP contribution in [0.1, 0.15) is 30.6 Å². The fourth-order valence-corrected chi connectivity index (χ4v) is 2.53. The van der Waals surface area contributed by atoms with E-state index in [2.05, 4.69) is 72.5 Å². The molecule has 6 nitrogen and oxygen atoms in total. The zero-order chi connectivity index (χ0) is 17.4. The van der Waals surface area contributed by atoms with Crippen molar-refractivity contribution in [3.63, 3.8) is 0 Å². The number of hydrogen-bond acceptors (Lipinski definition) is 4. The van der Waals surface area contributed by atoms with Crippen molar-refractivity contribution in [3.05, 3.63) is 46.0 Å². The van der Waals surface area contributed by atoms with E-state index >= 15 is 0 Å². The van der Waals surface area contributed by atoms with Crippen LogP contribution in [0.4, 0.5) is 0 Å². The fraction of sp³-hybridized carbons (Fsp3) is 0.471. The number of benzene rings is 1. The highest BCUT2D eigenvalue weighted by Gasteiger charge is 2.07. The summed E-state index contributed by atoms with van der Waals surface area (Å²) in [4.78, 5) is 11.0. The van der Waals surface area contributed by atoms with Crippen molar-refractivity contribution in [2.75, 3.05) is 20.1 Å². The highest BCUT2D eigenvalue weighted by Crippen LogP contribution is 2.12. The Hall–Kier alpha value is -1.16. The van der Waals surface area contributed by atoms with E-state index in [1.165, 1.54) is 5.56 Å². The molecule has 0 aliphatic carbocycles. The molecule has 25 heavy (non-hydrogen) atoms. The van der Waals surface area contributed by atoms with Crippen LogP contribution < -0.4 is 5.32 Å². The van der Waals surface area contributed by atoms with Crippen molar-refractivity contribution in [1.82, 2.24) is 20.4 Å². The van der Waals surface area contributed by atoms with Gasteiger partial charge in [-0.3, -0.25) is 4.99 Å². The minimum Gasteiger partial charge on any atom is -0.357 e. The highest BCUT2D eigenvalue weighted by molar-refractivity contribution is 14.0. The van der Waals surface area contributed by atoms with Crippen LogP contribution in [0.5, 0.6) is 0 Å². The first-order valence-corrected chi connectivity index (χ1v) is 8.91. The van der Waals surface area contributed by atoms with Gasteiger partial charge in [0.2, 0.25) is 5.89 Å². The number of halogens is 2. The third-order valence-electron chi connectivity index (χ3n) is 3.41. The average Bonchev–Trinajstić information content (AvgIpc) is 2.98. The first kappa shape index (κ1) is 21.9. The van der Waals surface area contributed by atoms with E-state index in [1.807, 2.05) is 14.0 Å². The molecule has 0 aliphatic heterocycles. The monoisotopic (exact) mass is 521 g/mol. The Balaban J connectivity index is 0.00000312. The molecule has 2 rings (SSSR count). The van der Waals surface area contributed by atoms with Gasteiger partial charge in [-0.2, -0.15) is 4.98 Å². The summed E-state index contributed by atoms with van der Waals surface area (Å²) in [5, 5.41) is 7.13. The van der Waals surface area contributed by atoms with E-state index in [0.29, 0.717) is 18.3 Å². The molecule has 1 N–H and O–H groups in total. The van der Waals surface area contributed by atoms with Gasteiger partial charge in [-0.05, 0) is 38.0 Å². The van der Waals surface area contributed by atoms with Crippen LogP contribution >= 0.6 is 39.9 Å². The van der Waals surface area contributed by atoms with Crippen LogP contribution in [0.25, 0.3) is 0 Å². The van der Waals surface area contributed by atoms with Crippen molar-refractivity contribution >= 4 is 45.9 Å². The van der Waals surface area contributed by atoms with Gasteiger partial charge in [-0.1, -0.05) is 33.2 Å². The van der Waals surface area contributed by atoms with Crippen LogP contribution in [0.15, 0.2) is 38.3 Å². The van der Waals surface area contributed by atoms with Crippen molar-refractivity contribution in [3.8, 4) is 0 Å². The van der Waals surface area contributed by atoms with Crippen LogP contribution in [0.3, 0.4) is 0 Å². The van der Waals surface area contributed by atoms with Gasteiger partial charge in [0.15, 0.2) is 11.8 Å². The largest absolute Gasteiger partial charge is 0.357 e. The van der Waals surface area contributed by atoms with E-state index in [9.17, 15) is 0 Å². The number of aliphatic imine (C=N–C) groups is 1. The van der Waals surface area contributed by atoms with Gasteiger partial charge in [-0.15, -0.1) is 24.0 Å². The minimum absolute atomic E-state index is 0. The SMILES string of the molecule is CCNC(=NCCCc1nc(C)no1)N(C)Cc1ccc(Br)cc1.I. The van der Waals surface area contributed by atoms with Crippen molar-refractivity contribution in [1.29, 1.82) is 0 Å². The molecule has 1 aromatic carbocycles. The number of rotatable bonds is 7. The molecular formula is C17H25BrIN5O. The molecule has 1 heterocycles. The Morgan fingerprint density at radius 3 is 2.64 bits per heavy atom. The molecule has 1 aromatic heterocycles. The second-order valence-electron chi connectivity index (χ2n) is 5.56. The minimum atomic E-state index is 0. The number of aryl methyl sites for hydroxylation is 2. The molecule has 2 aromatic rings. The zero-order valence-corrected chi connectivity index (χ0v) is 18.7. The standard InChI is InChI=1S/C17H24BrN5O.HI/c1-4-19-17(20-11-5-6-16-21-13(2)22-24-16)23(3)12-14-7-9-15(18)10-8-14;/h7-10H,4-6,11-12H2,1-3H3,(H,19,20);1H. The molecule has 0 amide bonds. The maximum absolute atomic E-state index is 5.12. The van der Waals surface area contributed by atoms with E-state index < -0.39 is 0 Å². The molecule has 0 fully saturated rings. The van der Waals surface area contributed by atoms with Gasteiger partial charge in [-0.25, -0.2) is 0 Å². The number of guanidine groups is 1. The van der Waals surface area contributed by atoms with Crippen molar-refractivity contribution in [2.24, 2.45) is 4.99 Å². The fourth-order valence-electron chi connectivity index (χ4n) is 2.27. The van der Waals surface area contributed by atoms with E-state index in [0.717, 1.165) is 36.4 Å². The normalized spacial score (nSPS) is 11.1. The van der Waals surface area contributed by atoms with E-state index in [1.54, 1.807) is 0 Å². The lowest BCUT2D eigenvalue weighted by Gasteiger charge is -2.22. The summed E-state index contributed by atoms with van der Waals surface area (Å²) in [6.45, 7) is 6.26. The Morgan fingerprint density at radius 2 is 2.04 bits per heavy atom. The van der Waals surface area contributed by atoms with E-state index in [-0.39, 0.29) is 24.0 Å². The molecule has 0 saturated heterocycles. The molecule has 0 aliphatic rings.